The normalized spacial score (nSPS) is 15.9. The average Bonchev–Trinajstić information content (AvgIpc) is 2.83. The zero-order valence-corrected chi connectivity index (χ0v) is 14.5. The highest BCUT2D eigenvalue weighted by Crippen LogP contribution is 2.31. The van der Waals surface area contributed by atoms with Crippen molar-refractivity contribution in [3.8, 4) is 0 Å². The van der Waals surface area contributed by atoms with E-state index in [4.69, 9.17) is 23.8 Å². The summed E-state index contributed by atoms with van der Waals surface area (Å²) in [5.41, 5.74) is 3.62. The SMILES string of the molecule is O=C(NN1C(=O)/C(=C/c2cccnc2)SC1=S)c1cccc(Cl)c1. The van der Waals surface area contributed by atoms with E-state index in [9.17, 15) is 9.59 Å². The second-order valence-corrected chi connectivity index (χ2v) is 6.87. The lowest BCUT2D eigenvalue weighted by Crippen LogP contribution is -2.44. The Morgan fingerprint density at radius 2 is 2.17 bits per heavy atom. The van der Waals surface area contributed by atoms with Crippen LogP contribution in [0.3, 0.4) is 0 Å². The van der Waals surface area contributed by atoms with Gasteiger partial charge in [-0.1, -0.05) is 35.5 Å². The number of hydrazine groups is 1. The average molecular weight is 376 g/mol. The van der Waals surface area contributed by atoms with Gasteiger partial charge in [0.05, 0.1) is 4.91 Å². The third-order valence-electron chi connectivity index (χ3n) is 3.08. The highest BCUT2D eigenvalue weighted by molar-refractivity contribution is 8.26. The third-order valence-corrected chi connectivity index (χ3v) is 4.61. The number of benzene rings is 1. The van der Waals surface area contributed by atoms with Crippen molar-refractivity contribution in [1.82, 2.24) is 15.4 Å². The topological polar surface area (TPSA) is 62.3 Å². The van der Waals surface area contributed by atoms with E-state index < -0.39 is 5.91 Å². The largest absolute Gasteiger partial charge is 0.285 e. The van der Waals surface area contributed by atoms with E-state index in [1.165, 1.54) is 6.07 Å². The number of thiocarbonyl (C=S) groups is 1. The highest BCUT2D eigenvalue weighted by atomic mass is 35.5. The van der Waals surface area contributed by atoms with Gasteiger partial charge in [0.25, 0.3) is 11.8 Å². The molecule has 5 nitrogen and oxygen atoms in total. The first kappa shape index (κ1) is 16.6. The maximum Gasteiger partial charge on any atom is 0.285 e. The van der Waals surface area contributed by atoms with E-state index in [-0.39, 0.29) is 10.2 Å². The smallest absolute Gasteiger partial charge is 0.267 e. The number of aromatic nitrogens is 1. The minimum atomic E-state index is -0.462. The molecule has 8 heteroatoms. The number of pyridine rings is 1. The Morgan fingerprint density at radius 1 is 1.33 bits per heavy atom. The zero-order chi connectivity index (χ0) is 17.1. The minimum absolute atomic E-state index is 0.255. The quantitative estimate of drug-likeness (QED) is 0.659. The van der Waals surface area contributed by atoms with Gasteiger partial charge < -0.3 is 0 Å². The van der Waals surface area contributed by atoms with Gasteiger partial charge in [-0.05, 0) is 48.1 Å². The summed E-state index contributed by atoms with van der Waals surface area (Å²) in [5.74, 6) is -0.847. The molecule has 0 spiro atoms. The number of hydrogen-bond acceptors (Lipinski definition) is 5. The van der Waals surface area contributed by atoms with E-state index in [1.807, 2.05) is 6.07 Å². The van der Waals surface area contributed by atoms with Gasteiger partial charge >= 0.3 is 0 Å². The van der Waals surface area contributed by atoms with Gasteiger partial charge in [0.15, 0.2) is 4.32 Å². The Labute approximate surface area is 152 Å². The molecule has 2 heterocycles. The number of nitrogens with one attached hydrogen (secondary N) is 1. The van der Waals surface area contributed by atoms with Crippen molar-refractivity contribution >= 4 is 57.8 Å². The van der Waals surface area contributed by atoms with Gasteiger partial charge in [-0.3, -0.25) is 20.0 Å². The molecular weight excluding hydrogens is 366 g/mol. The minimum Gasteiger partial charge on any atom is -0.267 e. The molecule has 2 amide bonds. The van der Waals surface area contributed by atoms with Crippen LogP contribution in [0.25, 0.3) is 6.08 Å². The zero-order valence-electron chi connectivity index (χ0n) is 12.1. The predicted molar refractivity (Wildman–Crippen MR) is 98.2 cm³/mol. The summed E-state index contributed by atoms with van der Waals surface area (Å²) in [6.45, 7) is 0. The van der Waals surface area contributed by atoms with Crippen LogP contribution in [-0.4, -0.2) is 26.1 Å². The molecule has 1 N–H and O–H groups in total. The van der Waals surface area contributed by atoms with Gasteiger partial charge in [0.2, 0.25) is 0 Å². The summed E-state index contributed by atoms with van der Waals surface area (Å²) >= 11 is 12.2. The molecule has 1 aliphatic heterocycles. The highest BCUT2D eigenvalue weighted by Gasteiger charge is 2.33. The van der Waals surface area contributed by atoms with Crippen LogP contribution in [0.15, 0.2) is 53.7 Å². The second-order valence-electron chi connectivity index (χ2n) is 4.75. The maximum absolute atomic E-state index is 12.4. The first-order valence-corrected chi connectivity index (χ1v) is 8.39. The number of thioether (sulfide) groups is 1. The lowest BCUT2D eigenvalue weighted by molar-refractivity contribution is -0.123. The molecule has 1 fully saturated rings. The predicted octanol–water partition coefficient (Wildman–Crippen LogP) is 3.28. The molecule has 1 aromatic carbocycles. The van der Waals surface area contributed by atoms with Crippen LogP contribution in [0.4, 0.5) is 0 Å². The fraction of sp³-hybridized carbons (Fsp3) is 0. The Hall–Kier alpha value is -2.22. The van der Waals surface area contributed by atoms with Crippen LogP contribution in [0.1, 0.15) is 15.9 Å². The molecule has 120 valence electrons. The molecule has 0 aliphatic carbocycles. The van der Waals surface area contributed by atoms with E-state index in [2.05, 4.69) is 10.4 Å². The van der Waals surface area contributed by atoms with Crippen LogP contribution >= 0.6 is 35.6 Å². The summed E-state index contributed by atoms with van der Waals surface area (Å²) < 4.78 is 0.255. The van der Waals surface area contributed by atoms with Gasteiger partial charge in [-0.25, -0.2) is 0 Å². The Morgan fingerprint density at radius 3 is 2.88 bits per heavy atom. The Bertz CT molecular complexity index is 855. The van der Waals surface area contributed by atoms with Crippen molar-refractivity contribution in [2.24, 2.45) is 0 Å². The number of carbonyl (C=O) groups excluding carboxylic acids is 2. The van der Waals surface area contributed by atoms with Crippen LogP contribution < -0.4 is 5.43 Å². The number of carbonyl (C=O) groups is 2. The van der Waals surface area contributed by atoms with Crippen LogP contribution in [-0.2, 0) is 4.79 Å². The summed E-state index contributed by atoms with van der Waals surface area (Å²) in [7, 11) is 0. The molecule has 3 rings (SSSR count). The van der Waals surface area contributed by atoms with Crippen molar-refractivity contribution in [3.63, 3.8) is 0 Å². The van der Waals surface area contributed by atoms with Crippen molar-refractivity contribution in [2.45, 2.75) is 0 Å². The number of nitrogens with zero attached hydrogens (tertiary/aromatic N) is 2. The number of amides is 2. The van der Waals surface area contributed by atoms with E-state index >= 15 is 0 Å². The van der Waals surface area contributed by atoms with E-state index in [0.717, 1.165) is 22.3 Å². The molecule has 1 aliphatic rings. The first-order valence-electron chi connectivity index (χ1n) is 6.79. The van der Waals surface area contributed by atoms with E-state index in [1.54, 1.807) is 42.7 Å². The summed E-state index contributed by atoms with van der Waals surface area (Å²) in [6, 6.07) is 10.0. The van der Waals surface area contributed by atoms with Crippen molar-refractivity contribution in [1.29, 1.82) is 0 Å². The summed E-state index contributed by atoms with van der Waals surface area (Å²) in [5, 5.41) is 1.50. The lowest BCUT2D eigenvalue weighted by Gasteiger charge is -2.15. The molecule has 0 saturated carbocycles. The third kappa shape index (κ3) is 3.64. The van der Waals surface area contributed by atoms with Crippen LogP contribution in [0, 0.1) is 0 Å². The lowest BCUT2D eigenvalue weighted by atomic mass is 10.2. The van der Waals surface area contributed by atoms with Crippen LogP contribution in [0.2, 0.25) is 5.02 Å². The molecule has 0 radical (unpaired) electrons. The number of hydrogen-bond donors (Lipinski definition) is 1. The molecular formula is C16H10ClN3O2S2. The molecule has 1 aromatic heterocycles. The standard InChI is InChI=1S/C16H10ClN3O2S2/c17-12-5-1-4-11(8-12)14(21)19-20-15(22)13(24-16(20)23)7-10-3-2-6-18-9-10/h1-9H,(H,19,21)/b13-7-. The van der Waals surface area contributed by atoms with Gasteiger partial charge in [0.1, 0.15) is 0 Å². The molecule has 0 atom stereocenters. The van der Waals surface area contributed by atoms with Crippen molar-refractivity contribution in [3.05, 3.63) is 69.8 Å². The Balaban J connectivity index is 1.77. The van der Waals surface area contributed by atoms with Gasteiger partial charge in [0, 0.05) is 23.0 Å². The summed E-state index contributed by atoms with van der Waals surface area (Å²) in [4.78, 5) is 29.1. The monoisotopic (exact) mass is 375 g/mol. The number of rotatable bonds is 3. The van der Waals surface area contributed by atoms with Gasteiger partial charge in [-0.2, -0.15) is 5.01 Å². The molecule has 0 unspecified atom stereocenters. The fourth-order valence-electron chi connectivity index (χ4n) is 1.97. The molecule has 24 heavy (non-hydrogen) atoms. The fourth-order valence-corrected chi connectivity index (χ4v) is 3.34. The second kappa shape index (κ2) is 7.12. The van der Waals surface area contributed by atoms with Crippen LogP contribution in [0.5, 0.6) is 0 Å². The molecule has 1 saturated heterocycles. The molecule has 2 aromatic rings. The van der Waals surface area contributed by atoms with Crippen molar-refractivity contribution < 1.29 is 9.59 Å². The maximum atomic E-state index is 12.4. The van der Waals surface area contributed by atoms with E-state index in [0.29, 0.717) is 15.5 Å². The van der Waals surface area contributed by atoms with Crippen molar-refractivity contribution in [2.75, 3.05) is 0 Å². The summed E-state index contributed by atoms with van der Waals surface area (Å²) in [6.07, 6.45) is 4.96. The Kier molecular flexibility index (Phi) is 4.94. The first-order chi connectivity index (χ1) is 11.5. The van der Waals surface area contributed by atoms with Gasteiger partial charge in [-0.15, -0.1) is 0 Å². The number of halogens is 1. The molecule has 0 bridgehead atoms.